The summed E-state index contributed by atoms with van der Waals surface area (Å²) in [4.78, 5) is 52.1. The summed E-state index contributed by atoms with van der Waals surface area (Å²) in [6.07, 6.45) is -0.273. The first kappa shape index (κ1) is 29.5. The van der Waals surface area contributed by atoms with Crippen molar-refractivity contribution in [2.24, 2.45) is 5.73 Å². The van der Waals surface area contributed by atoms with E-state index in [1.807, 2.05) is 0 Å². The van der Waals surface area contributed by atoms with Crippen LogP contribution in [0, 0.1) is 11.8 Å². The smallest absolute Gasteiger partial charge is 0.382 e. The van der Waals surface area contributed by atoms with Gasteiger partial charge >= 0.3 is 29.2 Å². The van der Waals surface area contributed by atoms with E-state index in [2.05, 4.69) is 36.5 Å². The third-order valence-electron chi connectivity index (χ3n) is 4.04. The average Bonchev–Trinajstić information content (AvgIpc) is 3.10. The summed E-state index contributed by atoms with van der Waals surface area (Å²) in [6.45, 7) is 2.77. The molecule has 2 heterocycles. The molecule has 0 amide bonds. The number of nitrogens with two attached hydrogens (primary N) is 2. The zero-order chi connectivity index (χ0) is 26.4. The van der Waals surface area contributed by atoms with E-state index in [9.17, 15) is 28.3 Å². The van der Waals surface area contributed by atoms with Crippen LogP contribution in [0.2, 0.25) is 0 Å². The molecule has 0 bridgehead atoms. The molecule has 2 rings (SSSR count). The molecule has 1 fully saturated rings. The van der Waals surface area contributed by atoms with E-state index in [0.29, 0.717) is 0 Å². The van der Waals surface area contributed by atoms with Gasteiger partial charge in [-0.3, -0.25) is 9.09 Å². The number of aromatic nitrogens is 2. The number of nitrogens with zero attached hydrogens (tertiary/aromatic N) is 2. The minimum atomic E-state index is -5.69. The van der Waals surface area contributed by atoms with Gasteiger partial charge in [-0.15, -0.1) is 6.58 Å². The van der Waals surface area contributed by atoms with Crippen molar-refractivity contribution in [1.29, 1.82) is 0 Å². The van der Waals surface area contributed by atoms with Crippen molar-refractivity contribution in [3.63, 3.8) is 0 Å². The molecule has 0 saturated carbocycles. The Morgan fingerprint density at radius 3 is 2.54 bits per heavy atom. The van der Waals surface area contributed by atoms with E-state index in [1.54, 1.807) is 0 Å². The van der Waals surface area contributed by atoms with Gasteiger partial charge in [0, 0.05) is 12.6 Å². The summed E-state index contributed by atoms with van der Waals surface area (Å²) in [5.41, 5.74) is 10.4. The lowest BCUT2D eigenvalue weighted by atomic mass is 10.2. The lowest BCUT2D eigenvalue weighted by Gasteiger charge is -2.21. The van der Waals surface area contributed by atoms with Crippen molar-refractivity contribution in [3.8, 4) is 11.8 Å². The Bertz CT molecular complexity index is 1190. The molecule has 20 heteroatoms. The van der Waals surface area contributed by atoms with Gasteiger partial charge in [0.15, 0.2) is 0 Å². The van der Waals surface area contributed by atoms with Crippen molar-refractivity contribution in [2.45, 2.75) is 24.9 Å². The van der Waals surface area contributed by atoms with Crippen molar-refractivity contribution >= 4 is 29.3 Å². The largest absolute Gasteiger partial charge is 0.490 e. The summed E-state index contributed by atoms with van der Waals surface area (Å²) in [5, 5.41) is 0. The molecule has 1 aliphatic heterocycles. The van der Waals surface area contributed by atoms with Crippen LogP contribution in [0.15, 0.2) is 23.6 Å². The minimum Gasteiger partial charge on any atom is -0.382 e. The molecule has 35 heavy (non-hydrogen) atoms. The Hall–Kier alpha value is -1.73. The maximum atomic E-state index is 12.4. The predicted molar refractivity (Wildman–Crippen MR) is 117 cm³/mol. The van der Waals surface area contributed by atoms with Gasteiger partial charge in [-0.2, -0.15) is 13.6 Å². The number of nitrogen functional groups attached to an aromatic ring is 1. The van der Waals surface area contributed by atoms with Gasteiger partial charge in [-0.1, -0.05) is 17.9 Å². The maximum absolute atomic E-state index is 12.4. The fourth-order valence-electron chi connectivity index (χ4n) is 2.79. The van der Waals surface area contributed by atoms with Crippen LogP contribution >= 0.6 is 23.5 Å². The molecule has 1 aromatic heterocycles. The normalized spacial score (nSPS) is 23.6. The number of phosphoric acid groups is 3. The topological polar surface area (TPSA) is 265 Å². The second-order valence-corrected chi connectivity index (χ2v) is 11.1. The van der Waals surface area contributed by atoms with Gasteiger partial charge in [0.1, 0.15) is 18.1 Å². The second kappa shape index (κ2) is 12.0. The van der Waals surface area contributed by atoms with E-state index < -0.39 is 54.2 Å². The van der Waals surface area contributed by atoms with Crippen molar-refractivity contribution in [2.75, 3.05) is 25.5 Å². The molecule has 17 nitrogen and oxygen atoms in total. The second-order valence-electron chi connectivity index (χ2n) is 6.65. The van der Waals surface area contributed by atoms with Gasteiger partial charge in [0.05, 0.1) is 31.4 Å². The zero-order valence-electron chi connectivity index (χ0n) is 17.8. The summed E-state index contributed by atoms with van der Waals surface area (Å²) >= 11 is 0. The highest BCUT2D eigenvalue weighted by atomic mass is 31.3. The number of ether oxygens (including phenoxy) is 2. The number of hydrogen-bond donors (Lipinski definition) is 6. The number of rotatable bonds is 11. The highest BCUT2D eigenvalue weighted by Crippen LogP contribution is 2.66. The molecule has 1 aliphatic rings. The highest BCUT2D eigenvalue weighted by molar-refractivity contribution is 7.66. The van der Waals surface area contributed by atoms with Gasteiger partial charge in [0.2, 0.25) is 0 Å². The summed E-state index contributed by atoms with van der Waals surface area (Å²) in [6, 6.07) is 0. The average molecular weight is 560 g/mol. The molecule has 1 aromatic rings. The van der Waals surface area contributed by atoms with Crippen LogP contribution in [0.3, 0.4) is 0 Å². The SMILES string of the molecule is C=CCO[C@@H]1CC(n2cc(C#CCN)c(N)nc2=O)O[C@@H]1COP(=O)(O)OP(=O)(O)OP(=O)(O)O. The predicted octanol–water partition coefficient (Wildman–Crippen LogP) is -0.662. The molecule has 196 valence electrons. The first-order chi connectivity index (χ1) is 16.2. The van der Waals surface area contributed by atoms with Gasteiger partial charge in [0.25, 0.3) is 0 Å². The Balaban J connectivity index is 2.20. The molecule has 8 N–H and O–H groups in total. The van der Waals surface area contributed by atoms with Crippen LogP contribution < -0.4 is 17.2 Å². The quantitative estimate of drug-likeness (QED) is 0.111. The lowest BCUT2D eigenvalue weighted by molar-refractivity contribution is -0.0570. The van der Waals surface area contributed by atoms with Crippen LogP contribution in [0.25, 0.3) is 0 Å². The molecule has 3 unspecified atom stereocenters. The highest BCUT2D eigenvalue weighted by Gasteiger charge is 2.43. The molecule has 0 aliphatic carbocycles. The summed E-state index contributed by atoms with van der Waals surface area (Å²) < 4.78 is 58.4. The molecule has 1 saturated heterocycles. The lowest BCUT2D eigenvalue weighted by Crippen LogP contribution is -2.29. The Morgan fingerprint density at radius 2 is 1.94 bits per heavy atom. The number of anilines is 1. The van der Waals surface area contributed by atoms with Crippen LogP contribution in [0.1, 0.15) is 18.2 Å². The van der Waals surface area contributed by atoms with Crippen LogP contribution in [-0.2, 0) is 36.3 Å². The van der Waals surface area contributed by atoms with Crippen molar-refractivity contribution in [3.05, 3.63) is 34.9 Å². The van der Waals surface area contributed by atoms with Crippen molar-refractivity contribution < 1.29 is 55.9 Å². The number of hydrogen-bond acceptors (Lipinski definition) is 12. The number of phosphoric ester groups is 1. The van der Waals surface area contributed by atoms with E-state index in [1.165, 1.54) is 12.3 Å². The van der Waals surface area contributed by atoms with Crippen molar-refractivity contribution in [1.82, 2.24) is 9.55 Å². The molecular formula is C15H23N4O13P3. The molecule has 5 atom stereocenters. The molecule has 0 spiro atoms. The summed E-state index contributed by atoms with van der Waals surface area (Å²) in [7, 11) is -16.6. The third kappa shape index (κ3) is 9.34. The first-order valence-corrected chi connectivity index (χ1v) is 13.9. The Morgan fingerprint density at radius 1 is 1.26 bits per heavy atom. The molecule has 0 aromatic carbocycles. The van der Waals surface area contributed by atoms with Gasteiger partial charge < -0.3 is 40.5 Å². The molecular weight excluding hydrogens is 537 g/mol. The zero-order valence-corrected chi connectivity index (χ0v) is 20.5. The fourth-order valence-corrected chi connectivity index (χ4v) is 5.82. The van der Waals surface area contributed by atoms with Crippen LogP contribution in [0.4, 0.5) is 5.82 Å². The van der Waals surface area contributed by atoms with Crippen LogP contribution in [-0.4, -0.2) is 61.1 Å². The standard InChI is InChI=1S/C15H23N4O13P3/c1-2-6-28-11-7-13(19-8-10(4-3-5-16)14(17)18-15(19)20)30-12(11)9-29-34(24,25)32-35(26,27)31-33(21,22)23/h2,8,11-13H,1,5-7,9,16H2,(H,24,25)(H,26,27)(H2,17,18,20)(H2,21,22,23)/t11-,12-,13?/m1/s1. The van der Waals surface area contributed by atoms with Gasteiger partial charge in [-0.05, 0) is 0 Å². The Labute approximate surface area is 198 Å². The monoisotopic (exact) mass is 560 g/mol. The van der Waals surface area contributed by atoms with E-state index in [-0.39, 0.29) is 31.0 Å². The van der Waals surface area contributed by atoms with Gasteiger partial charge in [-0.25, -0.2) is 18.5 Å². The third-order valence-corrected chi connectivity index (χ3v) is 7.85. The fraction of sp³-hybridized carbons (Fsp3) is 0.467. The summed E-state index contributed by atoms with van der Waals surface area (Å²) in [5.74, 6) is 5.09. The van der Waals surface area contributed by atoms with E-state index >= 15 is 0 Å². The van der Waals surface area contributed by atoms with Crippen LogP contribution in [0.5, 0.6) is 0 Å². The first-order valence-electron chi connectivity index (χ1n) is 9.40. The Kier molecular flexibility index (Phi) is 10.1. The maximum Gasteiger partial charge on any atom is 0.490 e. The molecule has 0 radical (unpaired) electrons. The van der Waals surface area contributed by atoms with E-state index in [0.717, 1.165) is 4.57 Å². The van der Waals surface area contributed by atoms with E-state index in [4.69, 9.17) is 30.7 Å². The minimum absolute atomic E-state index is 0.0214.